The van der Waals surface area contributed by atoms with Gasteiger partial charge in [0.2, 0.25) is 5.91 Å². The lowest BCUT2D eigenvalue weighted by Gasteiger charge is -2.42. The van der Waals surface area contributed by atoms with Gasteiger partial charge in [-0.3, -0.25) is 4.79 Å². The van der Waals surface area contributed by atoms with Crippen LogP contribution >= 0.6 is 0 Å². The first-order valence-electron chi connectivity index (χ1n) is 9.28. The Morgan fingerprint density at radius 2 is 1.93 bits per heavy atom. The van der Waals surface area contributed by atoms with E-state index < -0.39 is 11.6 Å². The molecule has 1 fully saturated rings. The molecule has 1 unspecified atom stereocenters. The lowest BCUT2D eigenvalue weighted by Crippen LogP contribution is -2.56. The van der Waals surface area contributed by atoms with Crippen molar-refractivity contribution in [1.29, 1.82) is 0 Å². The molecule has 3 rings (SSSR count). The van der Waals surface area contributed by atoms with E-state index in [9.17, 15) is 9.59 Å². The van der Waals surface area contributed by atoms with Crippen LogP contribution in [0.4, 0.5) is 0 Å². The molecule has 0 aromatic heterocycles. The minimum Gasteiger partial charge on any atom is -0.491 e. The smallest absolute Gasteiger partial charge is 0.335 e. The maximum absolute atomic E-state index is 12.8. The van der Waals surface area contributed by atoms with Gasteiger partial charge in [0, 0.05) is 6.54 Å². The molecule has 2 aromatic rings. The molecule has 6 heteroatoms. The number of hydrogen-bond donors (Lipinski definition) is 1. The predicted octanol–water partition coefficient (Wildman–Crippen LogP) is 3.01. The maximum atomic E-state index is 12.8. The molecule has 1 heterocycles. The van der Waals surface area contributed by atoms with Crippen molar-refractivity contribution in [2.45, 2.75) is 32.0 Å². The Morgan fingerprint density at radius 3 is 2.64 bits per heavy atom. The molecule has 0 radical (unpaired) electrons. The number of amides is 1. The number of aromatic carboxylic acids is 1. The van der Waals surface area contributed by atoms with E-state index in [1.165, 1.54) is 6.07 Å². The zero-order valence-electron chi connectivity index (χ0n) is 16.1. The van der Waals surface area contributed by atoms with E-state index >= 15 is 0 Å². The summed E-state index contributed by atoms with van der Waals surface area (Å²) in [5, 5.41) is 9.12. The standard InChI is InChI=1S/C22H25NO5/c1-22(2)15-23(13-19(28-22)14-27-18-9-4-3-5-10-18)20(24)12-16-7-6-8-17(11-16)21(25)26/h3-11,19H,12-15H2,1-2H3,(H,25,26). The molecule has 28 heavy (non-hydrogen) atoms. The Morgan fingerprint density at radius 1 is 1.18 bits per heavy atom. The predicted molar refractivity (Wildman–Crippen MR) is 105 cm³/mol. The average Bonchev–Trinajstić information content (AvgIpc) is 2.66. The Balaban J connectivity index is 1.64. The second kappa shape index (κ2) is 8.44. The highest BCUT2D eigenvalue weighted by Gasteiger charge is 2.35. The Hall–Kier alpha value is -2.86. The molecule has 6 nitrogen and oxygen atoms in total. The van der Waals surface area contributed by atoms with Crippen LogP contribution in [0.25, 0.3) is 0 Å². The van der Waals surface area contributed by atoms with Crippen molar-refractivity contribution in [3.63, 3.8) is 0 Å². The summed E-state index contributed by atoms with van der Waals surface area (Å²) in [6.45, 7) is 5.17. The van der Waals surface area contributed by atoms with Crippen molar-refractivity contribution in [3.8, 4) is 5.75 Å². The molecule has 0 spiro atoms. The van der Waals surface area contributed by atoms with Gasteiger partial charge in [-0.1, -0.05) is 30.3 Å². The zero-order chi connectivity index (χ0) is 20.1. The number of ether oxygens (including phenoxy) is 2. The number of carboxylic acid groups (broad SMARTS) is 1. The molecule has 1 atom stereocenters. The fourth-order valence-corrected chi connectivity index (χ4v) is 3.38. The van der Waals surface area contributed by atoms with Crippen LogP contribution in [0.1, 0.15) is 29.8 Å². The Kier molecular flexibility index (Phi) is 5.99. The number of rotatable bonds is 6. The Bertz CT molecular complexity index is 834. The summed E-state index contributed by atoms with van der Waals surface area (Å²) in [4.78, 5) is 25.7. The van der Waals surface area contributed by atoms with E-state index in [1.807, 2.05) is 44.2 Å². The number of carbonyl (C=O) groups excluding carboxylic acids is 1. The lowest BCUT2D eigenvalue weighted by atomic mass is 10.0. The number of nitrogens with zero attached hydrogens (tertiary/aromatic N) is 1. The van der Waals surface area contributed by atoms with Gasteiger partial charge in [-0.05, 0) is 43.7 Å². The summed E-state index contributed by atoms with van der Waals surface area (Å²) in [5.74, 6) is -0.290. The van der Waals surface area contributed by atoms with Crippen LogP contribution in [0.5, 0.6) is 5.75 Å². The first-order chi connectivity index (χ1) is 13.3. The molecule has 1 saturated heterocycles. The summed E-state index contributed by atoms with van der Waals surface area (Å²) in [6, 6.07) is 16.0. The van der Waals surface area contributed by atoms with Gasteiger partial charge >= 0.3 is 5.97 Å². The van der Waals surface area contributed by atoms with Gasteiger partial charge in [0.1, 0.15) is 18.5 Å². The van der Waals surface area contributed by atoms with E-state index in [-0.39, 0.29) is 24.0 Å². The van der Waals surface area contributed by atoms with Gasteiger partial charge in [0.25, 0.3) is 0 Å². The highest BCUT2D eigenvalue weighted by atomic mass is 16.5. The van der Waals surface area contributed by atoms with E-state index in [1.54, 1.807) is 23.1 Å². The molecule has 0 aliphatic carbocycles. The second-order valence-corrected chi connectivity index (χ2v) is 7.58. The normalized spacial score (nSPS) is 18.5. The highest BCUT2D eigenvalue weighted by Crippen LogP contribution is 2.23. The van der Waals surface area contributed by atoms with Crippen LogP contribution in [-0.2, 0) is 16.0 Å². The summed E-state index contributed by atoms with van der Waals surface area (Å²) in [7, 11) is 0. The average molecular weight is 383 g/mol. The maximum Gasteiger partial charge on any atom is 0.335 e. The van der Waals surface area contributed by atoms with Crippen LogP contribution in [0.2, 0.25) is 0 Å². The van der Waals surface area contributed by atoms with Gasteiger partial charge < -0.3 is 19.5 Å². The third-order valence-corrected chi connectivity index (χ3v) is 4.54. The molecule has 1 amide bonds. The third kappa shape index (κ3) is 5.33. The number of para-hydroxylation sites is 1. The molecule has 0 bridgehead atoms. The van der Waals surface area contributed by atoms with Crippen molar-refractivity contribution in [2.24, 2.45) is 0 Å². The monoisotopic (exact) mass is 383 g/mol. The van der Waals surface area contributed by atoms with Crippen LogP contribution in [0, 0.1) is 0 Å². The van der Waals surface area contributed by atoms with Crippen molar-refractivity contribution >= 4 is 11.9 Å². The molecule has 2 aromatic carbocycles. The third-order valence-electron chi connectivity index (χ3n) is 4.54. The number of carboxylic acids is 1. The summed E-state index contributed by atoms with van der Waals surface area (Å²) in [6.07, 6.45) is -0.0815. The van der Waals surface area contributed by atoms with Crippen molar-refractivity contribution in [3.05, 3.63) is 65.7 Å². The van der Waals surface area contributed by atoms with Crippen LogP contribution < -0.4 is 4.74 Å². The first-order valence-corrected chi connectivity index (χ1v) is 9.28. The summed E-state index contributed by atoms with van der Waals surface area (Å²) >= 11 is 0. The van der Waals surface area contributed by atoms with E-state index in [0.717, 1.165) is 5.75 Å². The second-order valence-electron chi connectivity index (χ2n) is 7.58. The first kappa shape index (κ1) is 19.9. The molecule has 1 N–H and O–H groups in total. The molecule has 148 valence electrons. The minimum atomic E-state index is -1.00. The fraction of sp³-hybridized carbons (Fsp3) is 0.364. The van der Waals surface area contributed by atoms with Gasteiger partial charge in [-0.2, -0.15) is 0 Å². The topological polar surface area (TPSA) is 76.1 Å². The van der Waals surface area contributed by atoms with Gasteiger partial charge in [0.05, 0.1) is 24.1 Å². The molecular formula is C22H25NO5. The fourth-order valence-electron chi connectivity index (χ4n) is 3.38. The minimum absolute atomic E-state index is 0.0522. The van der Waals surface area contributed by atoms with Crippen molar-refractivity contribution in [2.75, 3.05) is 19.7 Å². The number of morpholine rings is 1. The summed E-state index contributed by atoms with van der Waals surface area (Å²) < 4.78 is 11.9. The largest absolute Gasteiger partial charge is 0.491 e. The number of benzene rings is 2. The Labute approximate surface area is 164 Å². The van der Waals surface area contributed by atoms with Gasteiger partial charge in [-0.15, -0.1) is 0 Å². The van der Waals surface area contributed by atoms with Crippen molar-refractivity contribution < 1.29 is 24.2 Å². The molecule has 1 aliphatic rings. The van der Waals surface area contributed by atoms with Crippen LogP contribution in [0.3, 0.4) is 0 Å². The number of carbonyl (C=O) groups is 2. The van der Waals surface area contributed by atoms with Crippen molar-refractivity contribution in [1.82, 2.24) is 4.90 Å². The lowest BCUT2D eigenvalue weighted by molar-refractivity contribution is -0.165. The van der Waals surface area contributed by atoms with Crippen LogP contribution in [-0.4, -0.2) is 53.3 Å². The molecule has 1 aliphatic heterocycles. The quantitative estimate of drug-likeness (QED) is 0.830. The number of hydrogen-bond acceptors (Lipinski definition) is 4. The van der Waals surface area contributed by atoms with Gasteiger partial charge in [-0.25, -0.2) is 4.79 Å². The van der Waals surface area contributed by atoms with E-state index in [0.29, 0.717) is 25.3 Å². The zero-order valence-corrected chi connectivity index (χ0v) is 16.1. The summed E-state index contributed by atoms with van der Waals surface area (Å²) in [5.41, 5.74) is 0.384. The molecular weight excluding hydrogens is 358 g/mol. The van der Waals surface area contributed by atoms with E-state index in [2.05, 4.69) is 0 Å². The van der Waals surface area contributed by atoms with Crippen LogP contribution in [0.15, 0.2) is 54.6 Å². The van der Waals surface area contributed by atoms with Gasteiger partial charge in [0.15, 0.2) is 0 Å². The SMILES string of the molecule is CC1(C)CN(C(=O)Cc2cccc(C(=O)O)c2)CC(COc2ccccc2)O1. The molecule has 0 saturated carbocycles. The highest BCUT2D eigenvalue weighted by molar-refractivity contribution is 5.88. The van der Waals surface area contributed by atoms with E-state index in [4.69, 9.17) is 14.6 Å².